The van der Waals surface area contributed by atoms with Gasteiger partial charge in [0.1, 0.15) is 5.75 Å². The van der Waals surface area contributed by atoms with Crippen LogP contribution < -0.4 is 4.74 Å². The molecular formula is C10H12N2O2. The first kappa shape index (κ1) is 10.2. The molecule has 0 bridgehead atoms. The van der Waals surface area contributed by atoms with Gasteiger partial charge in [0, 0.05) is 7.05 Å². The number of benzene rings is 1. The summed E-state index contributed by atoms with van der Waals surface area (Å²) in [6.45, 7) is 0. The Kier molecular flexibility index (Phi) is 3.67. The van der Waals surface area contributed by atoms with E-state index >= 15 is 0 Å². The Labute approximate surface area is 82.8 Å². The maximum atomic E-state index is 10.2. The van der Waals surface area contributed by atoms with Crippen molar-refractivity contribution in [1.82, 2.24) is 5.01 Å². The number of hydrogen-bond donors (Lipinski definition) is 0. The number of nitrogens with zero attached hydrogens (tertiary/aromatic N) is 2. The quantitative estimate of drug-likeness (QED) is 0.407. The highest BCUT2D eigenvalue weighted by molar-refractivity contribution is 5.80. The van der Waals surface area contributed by atoms with Crippen molar-refractivity contribution in [2.24, 2.45) is 5.10 Å². The molecule has 14 heavy (non-hydrogen) atoms. The van der Waals surface area contributed by atoms with Crippen LogP contribution in [0.2, 0.25) is 0 Å². The van der Waals surface area contributed by atoms with Crippen molar-refractivity contribution in [3.8, 4) is 5.75 Å². The zero-order chi connectivity index (χ0) is 10.4. The number of hydrogen-bond acceptors (Lipinski definition) is 3. The minimum atomic E-state index is 0.636. The standard InChI is InChI=1S/C10H12N2O2/c1-12(8-13)11-7-9-4-3-5-10(6-9)14-2/h3-8H,1-2H3/b11-7+. The Morgan fingerprint density at radius 2 is 2.29 bits per heavy atom. The number of carbonyl (C=O) groups is 1. The van der Waals surface area contributed by atoms with Gasteiger partial charge < -0.3 is 4.74 Å². The first-order valence-corrected chi connectivity index (χ1v) is 4.12. The van der Waals surface area contributed by atoms with Crippen LogP contribution in [0.4, 0.5) is 0 Å². The summed E-state index contributed by atoms with van der Waals surface area (Å²) < 4.78 is 5.04. The molecule has 0 spiro atoms. The molecule has 0 aliphatic heterocycles. The molecule has 0 aliphatic carbocycles. The van der Waals surface area contributed by atoms with Gasteiger partial charge in [-0.1, -0.05) is 12.1 Å². The predicted molar refractivity (Wildman–Crippen MR) is 54.4 cm³/mol. The van der Waals surface area contributed by atoms with Crippen LogP contribution in [0.3, 0.4) is 0 Å². The molecule has 0 unspecified atom stereocenters. The van der Waals surface area contributed by atoms with Gasteiger partial charge in [-0.3, -0.25) is 4.79 Å². The molecule has 0 atom stereocenters. The van der Waals surface area contributed by atoms with Crippen molar-refractivity contribution >= 4 is 12.6 Å². The topological polar surface area (TPSA) is 41.9 Å². The van der Waals surface area contributed by atoms with Gasteiger partial charge in [0.2, 0.25) is 6.41 Å². The summed E-state index contributed by atoms with van der Waals surface area (Å²) in [7, 11) is 3.18. The Morgan fingerprint density at radius 3 is 2.93 bits per heavy atom. The molecule has 74 valence electrons. The predicted octanol–water partition coefficient (Wildman–Crippen LogP) is 1.12. The first-order valence-electron chi connectivity index (χ1n) is 4.12. The van der Waals surface area contributed by atoms with Crippen molar-refractivity contribution < 1.29 is 9.53 Å². The lowest BCUT2D eigenvalue weighted by atomic mass is 10.2. The van der Waals surface area contributed by atoms with Crippen LogP contribution in [-0.2, 0) is 4.79 Å². The van der Waals surface area contributed by atoms with E-state index in [0.717, 1.165) is 11.3 Å². The monoisotopic (exact) mass is 192 g/mol. The van der Waals surface area contributed by atoms with Crippen LogP contribution >= 0.6 is 0 Å². The lowest BCUT2D eigenvalue weighted by Crippen LogP contribution is -2.07. The summed E-state index contributed by atoms with van der Waals surface area (Å²) in [6, 6.07) is 7.43. The van der Waals surface area contributed by atoms with Crippen molar-refractivity contribution in [3.05, 3.63) is 29.8 Å². The van der Waals surface area contributed by atoms with Gasteiger partial charge in [0.15, 0.2) is 0 Å². The van der Waals surface area contributed by atoms with Crippen molar-refractivity contribution in [2.75, 3.05) is 14.2 Å². The number of amides is 1. The SMILES string of the molecule is COc1cccc(/C=N/N(C)C=O)c1. The lowest BCUT2D eigenvalue weighted by Gasteiger charge is -2.02. The molecule has 0 fully saturated rings. The number of rotatable bonds is 4. The summed E-state index contributed by atoms with van der Waals surface area (Å²) in [5, 5.41) is 5.07. The molecule has 4 nitrogen and oxygen atoms in total. The zero-order valence-electron chi connectivity index (χ0n) is 8.18. The van der Waals surface area contributed by atoms with Gasteiger partial charge in [0.25, 0.3) is 0 Å². The molecule has 0 radical (unpaired) electrons. The lowest BCUT2D eigenvalue weighted by molar-refractivity contribution is -0.116. The molecule has 1 aromatic carbocycles. The average Bonchev–Trinajstić information content (AvgIpc) is 2.26. The van der Waals surface area contributed by atoms with E-state index in [1.54, 1.807) is 20.4 Å². The molecule has 1 aromatic rings. The summed E-state index contributed by atoms with van der Waals surface area (Å²) in [4.78, 5) is 10.2. The molecule has 0 aromatic heterocycles. The van der Waals surface area contributed by atoms with E-state index in [4.69, 9.17) is 4.74 Å². The van der Waals surface area contributed by atoms with E-state index in [1.807, 2.05) is 24.3 Å². The molecule has 0 N–H and O–H groups in total. The average molecular weight is 192 g/mol. The summed E-state index contributed by atoms with van der Waals surface area (Å²) in [5.74, 6) is 0.766. The normalized spacial score (nSPS) is 10.1. The molecule has 1 amide bonds. The fraction of sp³-hybridized carbons (Fsp3) is 0.200. The Bertz CT molecular complexity index is 337. The van der Waals surface area contributed by atoms with Crippen LogP contribution in [0, 0.1) is 0 Å². The number of carbonyl (C=O) groups excluding carboxylic acids is 1. The van der Waals surface area contributed by atoms with Crippen molar-refractivity contribution in [1.29, 1.82) is 0 Å². The van der Waals surface area contributed by atoms with Gasteiger partial charge in [-0.15, -0.1) is 0 Å². The summed E-state index contributed by atoms with van der Waals surface area (Å²) >= 11 is 0. The third kappa shape index (κ3) is 2.90. The molecule has 0 aliphatic rings. The summed E-state index contributed by atoms with van der Waals surface area (Å²) in [6.07, 6.45) is 2.23. The number of methoxy groups -OCH3 is 1. The molecule has 0 saturated carbocycles. The van der Waals surface area contributed by atoms with Gasteiger partial charge in [-0.2, -0.15) is 5.10 Å². The Balaban J connectivity index is 2.76. The van der Waals surface area contributed by atoms with Crippen LogP contribution in [0.1, 0.15) is 5.56 Å². The highest BCUT2D eigenvalue weighted by Gasteiger charge is 1.92. The van der Waals surface area contributed by atoms with E-state index in [0.29, 0.717) is 6.41 Å². The highest BCUT2D eigenvalue weighted by Crippen LogP contribution is 2.10. The van der Waals surface area contributed by atoms with Gasteiger partial charge in [0.05, 0.1) is 13.3 Å². The van der Waals surface area contributed by atoms with Crippen LogP contribution in [-0.4, -0.2) is 31.8 Å². The molecule has 1 rings (SSSR count). The Hall–Kier alpha value is -1.84. The third-order valence-electron chi connectivity index (χ3n) is 1.64. The molecule has 4 heteroatoms. The van der Waals surface area contributed by atoms with Crippen molar-refractivity contribution in [2.45, 2.75) is 0 Å². The largest absolute Gasteiger partial charge is 0.497 e. The van der Waals surface area contributed by atoms with E-state index in [1.165, 1.54) is 5.01 Å². The highest BCUT2D eigenvalue weighted by atomic mass is 16.5. The number of hydrazone groups is 1. The minimum absolute atomic E-state index is 0.636. The van der Waals surface area contributed by atoms with E-state index in [2.05, 4.69) is 5.10 Å². The van der Waals surface area contributed by atoms with Crippen LogP contribution in [0.25, 0.3) is 0 Å². The van der Waals surface area contributed by atoms with Crippen LogP contribution in [0.5, 0.6) is 5.75 Å². The first-order chi connectivity index (χ1) is 6.76. The zero-order valence-corrected chi connectivity index (χ0v) is 8.18. The second-order valence-corrected chi connectivity index (χ2v) is 2.70. The van der Waals surface area contributed by atoms with Crippen molar-refractivity contribution in [3.63, 3.8) is 0 Å². The minimum Gasteiger partial charge on any atom is -0.497 e. The van der Waals surface area contributed by atoms with Gasteiger partial charge in [-0.05, 0) is 17.7 Å². The van der Waals surface area contributed by atoms with E-state index < -0.39 is 0 Å². The molecule has 0 saturated heterocycles. The second-order valence-electron chi connectivity index (χ2n) is 2.70. The maximum Gasteiger partial charge on any atom is 0.229 e. The number of ether oxygens (including phenoxy) is 1. The smallest absolute Gasteiger partial charge is 0.229 e. The van der Waals surface area contributed by atoms with Crippen LogP contribution in [0.15, 0.2) is 29.4 Å². The fourth-order valence-corrected chi connectivity index (χ4v) is 0.907. The van der Waals surface area contributed by atoms with E-state index in [-0.39, 0.29) is 0 Å². The molecule has 0 heterocycles. The summed E-state index contributed by atoms with van der Waals surface area (Å²) in [5.41, 5.74) is 0.887. The van der Waals surface area contributed by atoms with E-state index in [9.17, 15) is 4.79 Å². The fourth-order valence-electron chi connectivity index (χ4n) is 0.907. The second kappa shape index (κ2) is 5.01. The Morgan fingerprint density at radius 1 is 1.50 bits per heavy atom. The maximum absolute atomic E-state index is 10.2. The third-order valence-corrected chi connectivity index (χ3v) is 1.64. The molecular weight excluding hydrogens is 180 g/mol. The van der Waals surface area contributed by atoms with Gasteiger partial charge >= 0.3 is 0 Å². The van der Waals surface area contributed by atoms with Gasteiger partial charge in [-0.25, -0.2) is 5.01 Å².